The molecule has 106 valence electrons. The van der Waals surface area contributed by atoms with Gasteiger partial charge in [0.15, 0.2) is 0 Å². The molecule has 20 heavy (non-hydrogen) atoms. The molecule has 1 N–H and O–H groups in total. The first kappa shape index (κ1) is 14.9. The second kappa shape index (κ2) is 6.27. The highest BCUT2D eigenvalue weighted by Crippen LogP contribution is 2.29. The van der Waals surface area contributed by atoms with Crippen LogP contribution in [0.15, 0.2) is 40.9 Å². The molecule has 0 spiro atoms. The van der Waals surface area contributed by atoms with Crippen molar-refractivity contribution >= 4 is 21.6 Å². The van der Waals surface area contributed by atoms with Gasteiger partial charge in [-0.25, -0.2) is 4.39 Å². The molecule has 0 radical (unpaired) electrons. The predicted octanol–water partition coefficient (Wildman–Crippen LogP) is 5.08. The maximum atomic E-state index is 13.4. The van der Waals surface area contributed by atoms with E-state index in [0.717, 1.165) is 27.0 Å². The van der Waals surface area contributed by atoms with Crippen LogP contribution in [0, 0.1) is 12.7 Å². The van der Waals surface area contributed by atoms with E-state index in [0.29, 0.717) is 0 Å². The Morgan fingerprint density at radius 1 is 1.20 bits per heavy atom. The van der Waals surface area contributed by atoms with Crippen LogP contribution in [0.3, 0.4) is 0 Å². The lowest BCUT2D eigenvalue weighted by atomic mass is 10.1. The van der Waals surface area contributed by atoms with Crippen LogP contribution < -0.4 is 10.1 Å². The van der Waals surface area contributed by atoms with Crippen molar-refractivity contribution in [1.29, 1.82) is 0 Å². The fourth-order valence-corrected chi connectivity index (χ4v) is 2.66. The van der Waals surface area contributed by atoms with Crippen molar-refractivity contribution in [3.05, 3.63) is 57.8 Å². The van der Waals surface area contributed by atoms with Crippen LogP contribution in [0.25, 0.3) is 0 Å². The highest BCUT2D eigenvalue weighted by Gasteiger charge is 2.09. The van der Waals surface area contributed by atoms with E-state index in [-0.39, 0.29) is 11.9 Å². The first-order valence-corrected chi connectivity index (χ1v) is 7.16. The first-order chi connectivity index (χ1) is 9.49. The molecule has 1 unspecified atom stereocenters. The molecule has 2 aromatic rings. The van der Waals surface area contributed by atoms with E-state index < -0.39 is 0 Å². The molecule has 0 saturated carbocycles. The molecular formula is C16H17BrFNO. The van der Waals surface area contributed by atoms with E-state index in [1.165, 1.54) is 12.1 Å². The molecule has 1 atom stereocenters. The van der Waals surface area contributed by atoms with Gasteiger partial charge >= 0.3 is 0 Å². The summed E-state index contributed by atoms with van der Waals surface area (Å²) in [7, 11) is 1.64. The van der Waals surface area contributed by atoms with Crippen molar-refractivity contribution in [2.75, 3.05) is 12.4 Å². The van der Waals surface area contributed by atoms with Gasteiger partial charge in [-0.15, -0.1) is 0 Å². The molecule has 2 aromatic carbocycles. The Bertz CT molecular complexity index is 595. The Morgan fingerprint density at radius 3 is 2.55 bits per heavy atom. The Hall–Kier alpha value is -1.55. The fraction of sp³-hybridized carbons (Fsp3) is 0.250. The molecule has 0 bridgehead atoms. The van der Waals surface area contributed by atoms with Gasteiger partial charge in [0.05, 0.1) is 11.6 Å². The molecule has 0 aliphatic carbocycles. The minimum absolute atomic E-state index is 0.0680. The third kappa shape index (κ3) is 3.51. The fourth-order valence-electron chi connectivity index (χ4n) is 2.10. The lowest BCUT2D eigenvalue weighted by Crippen LogP contribution is -2.07. The van der Waals surface area contributed by atoms with Gasteiger partial charge in [-0.3, -0.25) is 0 Å². The molecule has 2 nitrogen and oxygen atoms in total. The van der Waals surface area contributed by atoms with E-state index >= 15 is 0 Å². The second-order valence-electron chi connectivity index (χ2n) is 4.78. The van der Waals surface area contributed by atoms with Crippen LogP contribution in [0.4, 0.5) is 10.1 Å². The van der Waals surface area contributed by atoms with Crippen LogP contribution in [-0.4, -0.2) is 7.11 Å². The standard InChI is InChI=1S/C16H17BrFNO/c1-10-6-13(18)9-14(7-10)19-11(2)12-4-5-16(20-3)15(17)8-12/h4-9,11,19H,1-3H3. The van der Waals surface area contributed by atoms with Crippen LogP contribution >= 0.6 is 15.9 Å². The summed E-state index contributed by atoms with van der Waals surface area (Å²) in [6.07, 6.45) is 0. The number of halogens is 2. The largest absolute Gasteiger partial charge is 0.496 e. The highest BCUT2D eigenvalue weighted by molar-refractivity contribution is 9.10. The van der Waals surface area contributed by atoms with E-state index in [2.05, 4.69) is 21.2 Å². The Morgan fingerprint density at radius 2 is 1.95 bits per heavy atom. The van der Waals surface area contributed by atoms with Crippen LogP contribution in [0.5, 0.6) is 5.75 Å². The second-order valence-corrected chi connectivity index (χ2v) is 5.63. The van der Waals surface area contributed by atoms with E-state index in [9.17, 15) is 4.39 Å². The molecule has 0 aliphatic heterocycles. The molecule has 0 amide bonds. The lowest BCUT2D eigenvalue weighted by Gasteiger charge is -2.17. The van der Waals surface area contributed by atoms with Gasteiger partial charge < -0.3 is 10.1 Å². The van der Waals surface area contributed by atoms with Gasteiger partial charge in [-0.05, 0) is 71.2 Å². The molecular weight excluding hydrogens is 321 g/mol. The van der Waals surface area contributed by atoms with Crippen molar-refractivity contribution in [1.82, 2.24) is 0 Å². The number of anilines is 1. The van der Waals surface area contributed by atoms with Gasteiger partial charge in [0, 0.05) is 11.7 Å². The van der Waals surface area contributed by atoms with Crippen molar-refractivity contribution in [3.8, 4) is 5.75 Å². The quantitative estimate of drug-likeness (QED) is 0.840. The van der Waals surface area contributed by atoms with Crippen molar-refractivity contribution < 1.29 is 9.13 Å². The summed E-state index contributed by atoms with van der Waals surface area (Å²) in [4.78, 5) is 0. The van der Waals surface area contributed by atoms with Gasteiger partial charge in [-0.2, -0.15) is 0 Å². The lowest BCUT2D eigenvalue weighted by molar-refractivity contribution is 0.412. The molecule has 2 rings (SSSR count). The zero-order valence-corrected chi connectivity index (χ0v) is 13.3. The number of aryl methyl sites for hydroxylation is 1. The molecule has 0 aliphatic rings. The third-order valence-corrected chi connectivity index (χ3v) is 3.72. The third-order valence-electron chi connectivity index (χ3n) is 3.10. The predicted molar refractivity (Wildman–Crippen MR) is 83.9 cm³/mol. The van der Waals surface area contributed by atoms with Crippen molar-refractivity contribution in [2.45, 2.75) is 19.9 Å². The van der Waals surface area contributed by atoms with E-state index in [4.69, 9.17) is 4.74 Å². The summed E-state index contributed by atoms with van der Waals surface area (Å²) >= 11 is 3.47. The Kier molecular flexibility index (Phi) is 4.65. The minimum atomic E-state index is -0.226. The van der Waals surface area contributed by atoms with Gasteiger partial charge in [0.1, 0.15) is 11.6 Å². The zero-order chi connectivity index (χ0) is 14.7. The first-order valence-electron chi connectivity index (χ1n) is 6.37. The molecule has 0 saturated heterocycles. The Labute approximate surface area is 127 Å². The maximum absolute atomic E-state index is 13.4. The van der Waals surface area contributed by atoms with Gasteiger partial charge in [0.2, 0.25) is 0 Å². The molecule has 0 aromatic heterocycles. The summed E-state index contributed by atoms with van der Waals surface area (Å²) in [6.45, 7) is 3.91. The van der Waals surface area contributed by atoms with Crippen LogP contribution in [-0.2, 0) is 0 Å². The number of hydrogen-bond acceptors (Lipinski definition) is 2. The summed E-state index contributed by atoms with van der Waals surface area (Å²) in [6, 6.07) is 10.9. The molecule has 4 heteroatoms. The zero-order valence-electron chi connectivity index (χ0n) is 11.7. The van der Waals surface area contributed by atoms with Crippen LogP contribution in [0.1, 0.15) is 24.1 Å². The maximum Gasteiger partial charge on any atom is 0.133 e. The Balaban J connectivity index is 2.19. The number of rotatable bonds is 4. The van der Waals surface area contributed by atoms with E-state index in [1.54, 1.807) is 7.11 Å². The molecule has 0 fully saturated rings. The summed E-state index contributed by atoms with van der Waals surface area (Å²) in [5, 5.41) is 3.30. The number of nitrogens with one attached hydrogen (secondary N) is 1. The number of ether oxygens (including phenoxy) is 1. The summed E-state index contributed by atoms with van der Waals surface area (Å²) in [5.74, 6) is 0.568. The number of benzene rings is 2. The van der Waals surface area contributed by atoms with Crippen molar-refractivity contribution in [3.63, 3.8) is 0 Å². The average Bonchev–Trinajstić information content (AvgIpc) is 2.37. The average molecular weight is 338 g/mol. The SMILES string of the molecule is COc1ccc(C(C)Nc2cc(C)cc(F)c2)cc1Br. The smallest absolute Gasteiger partial charge is 0.133 e. The van der Waals surface area contributed by atoms with Gasteiger partial charge in [0.25, 0.3) is 0 Å². The van der Waals surface area contributed by atoms with Crippen molar-refractivity contribution in [2.24, 2.45) is 0 Å². The minimum Gasteiger partial charge on any atom is -0.496 e. The van der Waals surface area contributed by atoms with E-state index in [1.807, 2.05) is 38.1 Å². The monoisotopic (exact) mass is 337 g/mol. The topological polar surface area (TPSA) is 21.3 Å². The highest BCUT2D eigenvalue weighted by atomic mass is 79.9. The van der Waals surface area contributed by atoms with Gasteiger partial charge in [-0.1, -0.05) is 6.07 Å². The van der Waals surface area contributed by atoms with Crippen LogP contribution in [0.2, 0.25) is 0 Å². The normalized spacial score (nSPS) is 12.1. The molecule has 0 heterocycles. The number of methoxy groups -OCH3 is 1. The number of hydrogen-bond donors (Lipinski definition) is 1. The summed E-state index contributed by atoms with van der Waals surface area (Å²) < 4.78 is 19.5. The summed E-state index contributed by atoms with van der Waals surface area (Å²) in [5.41, 5.74) is 2.78.